The summed E-state index contributed by atoms with van der Waals surface area (Å²) in [6, 6.07) is 42.1. The van der Waals surface area contributed by atoms with E-state index in [0.717, 1.165) is 45.7 Å². The standard InChI is InChI=1S/C32H34O4Si2/c1-27(33)35-37(29-17-7-3-8-18-29,30-19-9-4-10-20-30)25-15-16-26-38(36-28(2)34,31-21-11-5-12-22-31)32-23-13-6-14-24-32/h3-14,17-24H,15-16,25-26H2,1-2H3. The van der Waals surface area contributed by atoms with Crippen molar-refractivity contribution in [3.05, 3.63) is 121 Å². The highest BCUT2D eigenvalue weighted by Gasteiger charge is 2.44. The lowest BCUT2D eigenvalue weighted by Crippen LogP contribution is -2.62. The van der Waals surface area contributed by atoms with Crippen LogP contribution in [-0.4, -0.2) is 28.6 Å². The molecule has 4 aromatic rings. The molecule has 0 saturated heterocycles. The summed E-state index contributed by atoms with van der Waals surface area (Å²) in [6.45, 7) is 2.99. The van der Waals surface area contributed by atoms with Crippen molar-refractivity contribution < 1.29 is 18.4 Å². The molecular formula is C32H34O4Si2. The molecular weight excluding hydrogens is 505 g/mol. The SMILES string of the molecule is CC(=O)O[Si](CCCC[Si](OC(C)=O)(c1ccccc1)c1ccccc1)(c1ccccc1)c1ccccc1. The summed E-state index contributed by atoms with van der Waals surface area (Å²) >= 11 is 0. The molecule has 0 amide bonds. The molecule has 4 rings (SSSR count). The number of carbonyl (C=O) groups excluding carboxylic acids is 2. The molecule has 0 aliphatic heterocycles. The number of hydrogen-bond acceptors (Lipinski definition) is 4. The number of unbranched alkanes of at least 4 members (excludes halogenated alkanes) is 1. The highest BCUT2D eigenvalue weighted by atomic mass is 28.4. The lowest BCUT2D eigenvalue weighted by molar-refractivity contribution is -0.133. The van der Waals surface area contributed by atoms with Crippen LogP contribution in [0.5, 0.6) is 0 Å². The Hall–Kier alpha value is -3.75. The maximum Gasteiger partial charge on any atom is 0.318 e. The highest BCUT2D eigenvalue weighted by molar-refractivity contribution is 6.99. The predicted molar refractivity (Wildman–Crippen MR) is 158 cm³/mol. The zero-order chi connectivity index (χ0) is 26.8. The van der Waals surface area contributed by atoms with Crippen LogP contribution in [-0.2, 0) is 18.4 Å². The van der Waals surface area contributed by atoms with Crippen molar-refractivity contribution in [3.63, 3.8) is 0 Å². The van der Waals surface area contributed by atoms with Gasteiger partial charge < -0.3 is 8.85 Å². The second-order valence-electron chi connectivity index (χ2n) is 9.51. The van der Waals surface area contributed by atoms with E-state index in [9.17, 15) is 9.59 Å². The third kappa shape index (κ3) is 6.21. The van der Waals surface area contributed by atoms with Crippen molar-refractivity contribution in [2.24, 2.45) is 0 Å². The Morgan fingerprint density at radius 3 is 0.921 bits per heavy atom. The highest BCUT2D eigenvalue weighted by Crippen LogP contribution is 2.23. The first-order valence-electron chi connectivity index (χ1n) is 13.1. The number of hydrogen-bond donors (Lipinski definition) is 0. The van der Waals surface area contributed by atoms with Gasteiger partial charge in [-0.05, 0) is 32.8 Å². The monoisotopic (exact) mass is 538 g/mol. The van der Waals surface area contributed by atoms with Crippen LogP contribution in [0, 0.1) is 0 Å². The summed E-state index contributed by atoms with van der Waals surface area (Å²) in [5, 5.41) is 4.32. The van der Waals surface area contributed by atoms with Crippen LogP contribution in [0.25, 0.3) is 0 Å². The van der Waals surface area contributed by atoms with E-state index in [1.165, 1.54) is 13.8 Å². The topological polar surface area (TPSA) is 52.6 Å². The third-order valence-corrected chi connectivity index (χ3v) is 15.4. The van der Waals surface area contributed by atoms with Gasteiger partial charge in [0.2, 0.25) is 0 Å². The first kappa shape index (κ1) is 27.3. The van der Waals surface area contributed by atoms with Crippen LogP contribution in [0.2, 0.25) is 12.1 Å². The molecule has 0 aliphatic carbocycles. The van der Waals surface area contributed by atoms with Crippen molar-refractivity contribution in [1.29, 1.82) is 0 Å². The summed E-state index contributed by atoms with van der Waals surface area (Å²) in [5.74, 6) is -0.525. The Kier molecular flexibility index (Phi) is 9.10. The van der Waals surface area contributed by atoms with E-state index in [1.54, 1.807) is 0 Å². The Balaban J connectivity index is 1.68. The summed E-state index contributed by atoms with van der Waals surface area (Å²) in [5.41, 5.74) is 0. The zero-order valence-electron chi connectivity index (χ0n) is 22.0. The molecule has 0 radical (unpaired) electrons. The minimum Gasteiger partial charge on any atom is -0.510 e. The molecule has 0 aromatic heterocycles. The first-order chi connectivity index (χ1) is 18.5. The minimum absolute atomic E-state index is 0.262. The van der Waals surface area contributed by atoms with E-state index >= 15 is 0 Å². The van der Waals surface area contributed by atoms with Gasteiger partial charge in [0.15, 0.2) is 0 Å². The largest absolute Gasteiger partial charge is 0.510 e. The van der Waals surface area contributed by atoms with Gasteiger partial charge in [0.05, 0.1) is 0 Å². The van der Waals surface area contributed by atoms with Crippen LogP contribution in [0.1, 0.15) is 26.7 Å². The molecule has 38 heavy (non-hydrogen) atoms. The second-order valence-corrected chi connectivity index (χ2v) is 16.5. The molecule has 0 N–H and O–H groups in total. The molecule has 0 unspecified atom stereocenters. The fraction of sp³-hybridized carbons (Fsp3) is 0.188. The molecule has 0 atom stereocenters. The van der Waals surface area contributed by atoms with Crippen LogP contribution in [0.15, 0.2) is 121 Å². The van der Waals surface area contributed by atoms with E-state index < -0.39 is 16.6 Å². The minimum atomic E-state index is -2.84. The molecule has 0 fully saturated rings. The van der Waals surface area contributed by atoms with E-state index in [2.05, 4.69) is 48.5 Å². The summed E-state index contributed by atoms with van der Waals surface area (Å²) < 4.78 is 12.6. The van der Waals surface area contributed by atoms with Gasteiger partial charge in [-0.2, -0.15) is 0 Å². The van der Waals surface area contributed by atoms with Crippen LogP contribution in [0.4, 0.5) is 0 Å². The van der Waals surface area contributed by atoms with E-state index in [1.807, 2.05) is 72.8 Å². The van der Waals surface area contributed by atoms with Crippen LogP contribution < -0.4 is 20.7 Å². The maximum absolute atomic E-state index is 12.5. The molecule has 0 spiro atoms. The predicted octanol–water partition coefficient (Wildman–Crippen LogP) is 4.41. The fourth-order valence-electron chi connectivity index (χ4n) is 5.32. The molecule has 0 bridgehead atoms. The van der Waals surface area contributed by atoms with Crippen molar-refractivity contribution in [3.8, 4) is 0 Å². The fourth-order valence-corrected chi connectivity index (χ4v) is 13.2. The third-order valence-electron chi connectivity index (χ3n) is 6.90. The van der Waals surface area contributed by atoms with Gasteiger partial charge in [-0.15, -0.1) is 0 Å². The summed E-state index contributed by atoms with van der Waals surface area (Å²) in [7, 11) is -5.68. The molecule has 0 aliphatic rings. The van der Waals surface area contributed by atoms with Crippen LogP contribution in [0.3, 0.4) is 0 Å². The van der Waals surface area contributed by atoms with Crippen molar-refractivity contribution in [1.82, 2.24) is 0 Å². The molecule has 6 heteroatoms. The molecule has 0 heterocycles. The van der Waals surface area contributed by atoms with Crippen molar-refractivity contribution in [2.45, 2.75) is 38.8 Å². The van der Waals surface area contributed by atoms with Gasteiger partial charge in [-0.25, -0.2) is 0 Å². The van der Waals surface area contributed by atoms with Gasteiger partial charge >= 0.3 is 16.6 Å². The van der Waals surface area contributed by atoms with Gasteiger partial charge in [0.1, 0.15) is 0 Å². The van der Waals surface area contributed by atoms with E-state index in [0.29, 0.717) is 0 Å². The number of benzene rings is 4. The lowest BCUT2D eigenvalue weighted by Gasteiger charge is -2.33. The zero-order valence-corrected chi connectivity index (χ0v) is 24.0. The number of carbonyl (C=O) groups is 2. The van der Waals surface area contributed by atoms with E-state index in [4.69, 9.17) is 8.85 Å². The maximum atomic E-state index is 12.5. The molecule has 0 saturated carbocycles. The van der Waals surface area contributed by atoms with Gasteiger partial charge in [-0.3, -0.25) is 9.59 Å². The lowest BCUT2D eigenvalue weighted by atomic mass is 10.3. The normalized spacial score (nSPS) is 11.5. The summed E-state index contributed by atoms with van der Waals surface area (Å²) in [4.78, 5) is 24.9. The summed E-state index contributed by atoms with van der Waals surface area (Å²) in [6.07, 6.45) is 1.66. The average molecular weight is 539 g/mol. The van der Waals surface area contributed by atoms with Gasteiger partial charge in [0.25, 0.3) is 11.9 Å². The van der Waals surface area contributed by atoms with Crippen molar-refractivity contribution in [2.75, 3.05) is 0 Å². The molecule has 4 aromatic carbocycles. The Labute approximate surface area is 227 Å². The second kappa shape index (κ2) is 12.7. The number of rotatable bonds is 11. The Bertz CT molecular complexity index is 1130. The van der Waals surface area contributed by atoms with Gasteiger partial charge in [-0.1, -0.05) is 134 Å². The molecule has 4 nitrogen and oxygen atoms in total. The Morgan fingerprint density at radius 1 is 0.474 bits per heavy atom. The molecule has 194 valence electrons. The first-order valence-corrected chi connectivity index (χ1v) is 17.3. The van der Waals surface area contributed by atoms with Crippen LogP contribution >= 0.6 is 0 Å². The Morgan fingerprint density at radius 2 is 0.711 bits per heavy atom. The van der Waals surface area contributed by atoms with E-state index in [-0.39, 0.29) is 11.9 Å². The van der Waals surface area contributed by atoms with Crippen molar-refractivity contribution >= 4 is 49.3 Å². The average Bonchev–Trinajstić information content (AvgIpc) is 2.95. The quantitative estimate of drug-likeness (QED) is 0.210. The van der Waals surface area contributed by atoms with Gasteiger partial charge in [0, 0.05) is 13.8 Å². The smallest absolute Gasteiger partial charge is 0.318 e.